The van der Waals surface area contributed by atoms with Crippen molar-refractivity contribution in [3.8, 4) is 0 Å². The van der Waals surface area contributed by atoms with Gasteiger partial charge in [-0.3, -0.25) is 0 Å². The average Bonchev–Trinajstić information content (AvgIpc) is 3.03. The minimum atomic E-state index is -6.08. The van der Waals surface area contributed by atoms with Gasteiger partial charge in [-0.1, -0.05) is 0 Å². The lowest BCUT2D eigenvalue weighted by Crippen LogP contribution is -2.34. The smallest absolute Gasteiger partial charge is 0.382 e. The van der Waals surface area contributed by atoms with Crippen LogP contribution in [0.15, 0.2) is 23.2 Å². The van der Waals surface area contributed by atoms with E-state index in [-0.39, 0.29) is 23.2 Å². The zero-order chi connectivity index (χ0) is 22.9. The molecule has 1 aromatic heterocycles. The molecule has 170 valence electrons. The normalized spacial score (nSPS) is 23.4. The first-order valence-electron chi connectivity index (χ1n) is 9.34. The lowest BCUT2D eigenvalue weighted by molar-refractivity contribution is -0.123. The summed E-state index contributed by atoms with van der Waals surface area (Å²) in [5.41, 5.74) is -6.82. The zero-order valence-electron chi connectivity index (χ0n) is 15.7. The molecule has 0 unspecified atom stereocenters. The van der Waals surface area contributed by atoms with Crippen molar-refractivity contribution < 1.29 is 44.3 Å². The van der Waals surface area contributed by atoms with E-state index in [9.17, 15) is 44.3 Å². The van der Waals surface area contributed by atoms with Crippen LogP contribution in [0.3, 0.4) is 0 Å². The Balaban J connectivity index is 1.99. The van der Waals surface area contributed by atoms with Crippen LogP contribution in [0.2, 0.25) is 0 Å². The predicted octanol–water partition coefficient (Wildman–Crippen LogP) is 4.60. The molecule has 31 heavy (non-hydrogen) atoms. The first kappa shape index (κ1) is 22.1. The number of alkyl halides is 5. The van der Waals surface area contributed by atoms with Crippen molar-refractivity contribution in [2.75, 3.05) is 0 Å². The minimum Gasteiger partial charge on any atom is -0.382 e. The van der Waals surface area contributed by atoms with Crippen LogP contribution in [-0.4, -0.2) is 29.5 Å². The molecule has 0 bridgehead atoms. The maximum Gasteiger partial charge on any atom is 0.501 e. The van der Waals surface area contributed by atoms with Crippen molar-refractivity contribution in [3.05, 3.63) is 52.3 Å². The summed E-state index contributed by atoms with van der Waals surface area (Å²) < 4.78 is 121. The molecule has 2 aliphatic rings. The molecule has 0 amide bonds. The highest BCUT2D eigenvalue weighted by atomic mass is 32.2. The van der Waals surface area contributed by atoms with Gasteiger partial charge in [0.05, 0.1) is 6.04 Å². The molecule has 2 aromatic rings. The fraction of sp³-hybridized carbons (Fsp3) is 0.474. The minimum absolute atomic E-state index is 0.0340. The first-order valence-corrected chi connectivity index (χ1v) is 10.8. The summed E-state index contributed by atoms with van der Waals surface area (Å²) in [6.07, 6.45) is -2.85. The molecule has 12 heteroatoms. The Bertz CT molecular complexity index is 1150. The van der Waals surface area contributed by atoms with Crippen molar-refractivity contribution in [3.63, 3.8) is 0 Å². The van der Waals surface area contributed by atoms with Crippen LogP contribution >= 0.6 is 0 Å². The summed E-state index contributed by atoms with van der Waals surface area (Å²) in [7, 11) is -6.08. The molecule has 2 aliphatic carbocycles. The molecule has 4 nitrogen and oxygen atoms in total. The summed E-state index contributed by atoms with van der Waals surface area (Å²) in [6.45, 7) is 0. The number of hydrogen-bond donors (Lipinski definition) is 1. The number of hydrogen-bond acceptors (Lipinski definition) is 3. The maximum absolute atomic E-state index is 14.6. The van der Waals surface area contributed by atoms with Crippen molar-refractivity contribution >= 4 is 9.84 Å². The molecule has 0 saturated carbocycles. The molecule has 1 aromatic carbocycles. The third-order valence-corrected chi connectivity index (χ3v) is 7.39. The molecule has 1 heterocycles. The Morgan fingerprint density at radius 1 is 1.10 bits per heavy atom. The van der Waals surface area contributed by atoms with Gasteiger partial charge in [-0.05, 0) is 37.3 Å². The lowest BCUT2D eigenvalue weighted by atomic mass is 9.86. The average molecular weight is 471 g/mol. The predicted molar refractivity (Wildman–Crippen MR) is 93.3 cm³/mol. The van der Waals surface area contributed by atoms with E-state index in [0.717, 1.165) is 10.6 Å². The Hall–Kier alpha value is -2.08. The molecular weight excluding hydrogens is 455 g/mol. The summed E-state index contributed by atoms with van der Waals surface area (Å²) >= 11 is 0. The third kappa shape index (κ3) is 3.34. The number of aromatic nitrogens is 1. The molecule has 0 spiro atoms. The van der Waals surface area contributed by atoms with E-state index in [1.165, 1.54) is 0 Å². The third-order valence-electron chi connectivity index (χ3n) is 5.88. The maximum atomic E-state index is 14.6. The van der Waals surface area contributed by atoms with E-state index in [1.807, 2.05) is 0 Å². The lowest BCUT2D eigenvalue weighted by Gasteiger charge is -2.33. The second-order valence-corrected chi connectivity index (χ2v) is 9.65. The number of fused-ring (bicyclic) bond motifs is 2. The van der Waals surface area contributed by atoms with Crippen molar-refractivity contribution in [2.24, 2.45) is 0 Å². The van der Waals surface area contributed by atoms with E-state index < -0.39 is 68.3 Å². The van der Waals surface area contributed by atoms with Crippen molar-refractivity contribution in [2.45, 2.75) is 60.6 Å². The standard InChI is InChI=1S/C19H16F7NO3S/c20-10-6-9-2-1-3-12(15(9)11(21)7-10)27-8-14(31(29,30)19(24,25)26)16-13(27)4-5-18(22,23)17(16)28/h6-8,12,17,28H,1-5H2/t12-,17-/m0/s1. The van der Waals surface area contributed by atoms with Crippen LogP contribution in [0, 0.1) is 11.6 Å². The number of aliphatic hydroxyl groups excluding tert-OH is 1. The zero-order valence-corrected chi connectivity index (χ0v) is 16.5. The summed E-state index contributed by atoms with van der Waals surface area (Å²) in [5, 5.41) is 10.1. The van der Waals surface area contributed by atoms with Crippen LogP contribution in [-0.2, 0) is 22.7 Å². The Morgan fingerprint density at radius 3 is 2.42 bits per heavy atom. The van der Waals surface area contributed by atoms with Crippen molar-refractivity contribution in [1.29, 1.82) is 0 Å². The van der Waals surface area contributed by atoms with Crippen LogP contribution in [0.1, 0.15) is 53.8 Å². The largest absolute Gasteiger partial charge is 0.501 e. The van der Waals surface area contributed by atoms with Gasteiger partial charge >= 0.3 is 5.51 Å². The molecule has 0 aliphatic heterocycles. The summed E-state index contributed by atoms with van der Waals surface area (Å²) in [4.78, 5) is -1.48. The monoisotopic (exact) mass is 471 g/mol. The van der Waals surface area contributed by atoms with E-state index in [2.05, 4.69) is 0 Å². The van der Waals surface area contributed by atoms with Gasteiger partial charge < -0.3 is 9.67 Å². The fourth-order valence-corrected chi connectivity index (χ4v) is 5.51. The Kier molecular flexibility index (Phi) is 4.97. The number of nitrogens with zero attached hydrogens (tertiary/aromatic N) is 1. The van der Waals surface area contributed by atoms with Gasteiger partial charge in [0.25, 0.3) is 15.8 Å². The van der Waals surface area contributed by atoms with Gasteiger partial charge in [-0.2, -0.15) is 13.2 Å². The second-order valence-electron chi connectivity index (χ2n) is 7.74. The quantitative estimate of drug-likeness (QED) is 0.652. The molecule has 4 rings (SSSR count). The van der Waals surface area contributed by atoms with E-state index >= 15 is 0 Å². The van der Waals surface area contributed by atoms with Gasteiger partial charge in [0.1, 0.15) is 22.6 Å². The summed E-state index contributed by atoms with van der Waals surface area (Å²) in [5.74, 6) is -5.65. The fourth-order valence-electron chi connectivity index (χ4n) is 4.49. The van der Waals surface area contributed by atoms with Gasteiger partial charge in [0.2, 0.25) is 0 Å². The second kappa shape index (κ2) is 6.96. The highest BCUT2D eigenvalue weighted by molar-refractivity contribution is 7.92. The van der Waals surface area contributed by atoms with Crippen LogP contribution < -0.4 is 0 Å². The van der Waals surface area contributed by atoms with Crippen LogP contribution in [0.4, 0.5) is 30.7 Å². The molecule has 1 N–H and O–H groups in total. The van der Waals surface area contributed by atoms with Crippen molar-refractivity contribution in [1.82, 2.24) is 4.57 Å². The highest BCUT2D eigenvalue weighted by Crippen LogP contribution is 2.49. The number of sulfone groups is 1. The van der Waals surface area contributed by atoms with E-state index in [1.54, 1.807) is 0 Å². The number of rotatable bonds is 2. The summed E-state index contributed by atoms with van der Waals surface area (Å²) in [6, 6.07) is 0.648. The molecule has 0 saturated heterocycles. The SMILES string of the molecule is O=S(=O)(c1cn([C@H]2CCCc3cc(F)cc(F)c32)c2c1[C@H](O)C(F)(F)CC2)C(F)(F)F. The molecule has 0 radical (unpaired) electrons. The van der Waals surface area contributed by atoms with Gasteiger partial charge in [-0.25, -0.2) is 26.0 Å². The molecular formula is C19H16F7NO3S. The molecule has 0 fully saturated rings. The van der Waals surface area contributed by atoms with Crippen LogP contribution in [0.5, 0.6) is 0 Å². The Labute approximate surface area is 172 Å². The number of aliphatic hydroxyl groups is 1. The topological polar surface area (TPSA) is 59.3 Å². The van der Waals surface area contributed by atoms with Gasteiger partial charge in [0.15, 0.2) is 0 Å². The first-order chi connectivity index (χ1) is 14.3. The Morgan fingerprint density at radius 2 is 1.77 bits per heavy atom. The number of halogens is 7. The number of benzene rings is 1. The molecule has 2 atom stereocenters. The van der Waals surface area contributed by atoms with E-state index in [4.69, 9.17) is 0 Å². The van der Waals surface area contributed by atoms with E-state index in [0.29, 0.717) is 25.1 Å². The van der Waals surface area contributed by atoms with Crippen LogP contribution in [0.25, 0.3) is 0 Å². The van der Waals surface area contributed by atoms with Gasteiger partial charge in [-0.15, -0.1) is 0 Å². The van der Waals surface area contributed by atoms with Gasteiger partial charge in [0, 0.05) is 35.5 Å². The highest BCUT2D eigenvalue weighted by Gasteiger charge is 2.54. The number of aryl methyl sites for hydroxylation is 1.